The molecule has 5 rings (SSSR count). The van der Waals surface area contributed by atoms with Gasteiger partial charge in [-0.3, -0.25) is 14.3 Å². The highest BCUT2D eigenvalue weighted by Gasteiger charge is 2.28. The van der Waals surface area contributed by atoms with Gasteiger partial charge >= 0.3 is 0 Å². The largest absolute Gasteiger partial charge is 0.340 e. The normalized spacial score (nSPS) is 14.2. The first kappa shape index (κ1) is 26.2. The Kier molecular flexibility index (Phi) is 8.56. The van der Waals surface area contributed by atoms with Gasteiger partial charge < -0.3 is 4.90 Å². The smallest absolute Gasteiger partial charge is 0.222 e. The van der Waals surface area contributed by atoms with Crippen molar-refractivity contribution >= 4 is 17.7 Å². The third-order valence-corrected chi connectivity index (χ3v) is 8.20. The van der Waals surface area contributed by atoms with Gasteiger partial charge in [0.05, 0.1) is 11.7 Å². The summed E-state index contributed by atoms with van der Waals surface area (Å²) in [6.45, 7) is 7.35. The molecule has 38 heavy (non-hydrogen) atoms. The van der Waals surface area contributed by atoms with Gasteiger partial charge in [-0.05, 0) is 43.0 Å². The van der Waals surface area contributed by atoms with Gasteiger partial charge in [0.15, 0.2) is 5.16 Å². The summed E-state index contributed by atoms with van der Waals surface area (Å²) in [6, 6.07) is 29.8. The van der Waals surface area contributed by atoms with Gasteiger partial charge in [0, 0.05) is 38.4 Å². The van der Waals surface area contributed by atoms with Gasteiger partial charge in [-0.15, -0.1) is 10.2 Å². The van der Waals surface area contributed by atoms with Gasteiger partial charge in [-0.25, -0.2) is 0 Å². The summed E-state index contributed by atoms with van der Waals surface area (Å²) in [5.41, 5.74) is 4.89. The molecule has 1 amide bonds. The molecule has 0 N–H and O–H groups in total. The van der Waals surface area contributed by atoms with Crippen molar-refractivity contribution in [2.75, 3.05) is 31.9 Å². The molecule has 1 saturated heterocycles. The lowest BCUT2D eigenvalue weighted by Crippen LogP contribution is -2.49. The van der Waals surface area contributed by atoms with Crippen LogP contribution in [0.1, 0.15) is 41.4 Å². The fraction of sp³-hybridized carbons (Fsp3) is 0.323. The minimum Gasteiger partial charge on any atom is -0.340 e. The van der Waals surface area contributed by atoms with E-state index in [4.69, 9.17) is 0 Å². The average Bonchev–Trinajstić information content (AvgIpc) is 3.32. The van der Waals surface area contributed by atoms with Crippen molar-refractivity contribution in [3.8, 4) is 5.69 Å². The zero-order valence-corrected chi connectivity index (χ0v) is 23.0. The number of piperazine rings is 1. The summed E-state index contributed by atoms with van der Waals surface area (Å²) in [6.07, 6.45) is 1.38. The van der Waals surface area contributed by atoms with Crippen molar-refractivity contribution in [3.63, 3.8) is 0 Å². The van der Waals surface area contributed by atoms with E-state index in [2.05, 4.69) is 99.4 Å². The average molecular weight is 526 g/mol. The van der Waals surface area contributed by atoms with E-state index in [1.165, 1.54) is 16.7 Å². The van der Waals surface area contributed by atoms with Crippen LogP contribution in [0.25, 0.3) is 5.69 Å². The standard InChI is InChI=1S/C31H35N5OS/c1-24-12-9-10-17-28(24)36-25(2)32-33-31(36)38-23-11-18-29(37)34-19-21-35(22-20-34)30(26-13-5-3-6-14-26)27-15-7-4-8-16-27/h3-10,12-17,30H,11,18-23H2,1-2H3. The Balaban J connectivity index is 1.14. The van der Waals surface area contributed by atoms with E-state index in [1.807, 2.05) is 24.0 Å². The van der Waals surface area contributed by atoms with Crippen molar-refractivity contribution in [1.82, 2.24) is 24.6 Å². The molecule has 0 atom stereocenters. The van der Waals surface area contributed by atoms with Gasteiger partial charge in [-0.1, -0.05) is 90.6 Å². The number of benzene rings is 3. The van der Waals surface area contributed by atoms with Crippen LogP contribution >= 0.6 is 11.8 Å². The number of aryl methyl sites for hydroxylation is 2. The molecule has 0 aliphatic carbocycles. The minimum atomic E-state index is 0.208. The molecule has 1 aliphatic rings. The number of hydrogen-bond acceptors (Lipinski definition) is 5. The Hall–Kier alpha value is -3.42. The number of para-hydroxylation sites is 1. The molecule has 7 heteroatoms. The second-order valence-corrected chi connectivity index (χ2v) is 10.8. The van der Waals surface area contributed by atoms with Gasteiger partial charge in [0.1, 0.15) is 5.82 Å². The first-order valence-electron chi connectivity index (χ1n) is 13.3. The lowest BCUT2D eigenvalue weighted by atomic mass is 9.96. The van der Waals surface area contributed by atoms with Crippen molar-refractivity contribution in [3.05, 3.63) is 107 Å². The maximum atomic E-state index is 13.0. The lowest BCUT2D eigenvalue weighted by molar-refractivity contribution is -0.133. The van der Waals surface area contributed by atoms with Crippen LogP contribution in [0.4, 0.5) is 0 Å². The number of nitrogens with zero attached hydrogens (tertiary/aromatic N) is 5. The molecule has 1 aliphatic heterocycles. The van der Waals surface area contributed by atoms with E-state index < -0.39 is 0 Å². The number of carbonyl (C=O) groups is 1. The van der Waals surface area contributed by atoms with E-state index in [9.17, 15) is 4.79 Å². The number of hydrogen-bond donors (Lipinski definition) is 0. The molecule has 0 bridgehead atoms. The Labute approximate surface area is 229 Å². The second-order valence-electron chi connectivity index (χ2n) is 9.74. The fourth-order valence-electron chi connectivity index (χ4n) is 5.19. The molecule has 0 spiro atoms. The molecule has 4 aromatic rings. The minimum absolute atomic E-state index is 0.208. The monoisotopic (exact) mass is 525 g/mol. The van der Waals surface area contributed by atoms with Crippen molar-refractivity contribution in [2.45, 2.75) is 37.9 Å². The Bertz CT molecular complexity index is 1290. The summed E-state index contributed by atoms with van der Waals surface area (Å²) in [5.74, 6) is 1.96. The second kappa shape index (κ2) is 12.4. The summed E-state index contributed by atoms with van der Waals surface area (Å²) in [5, 5.41) is 9.57. The Morgan fingerprint density at radius 2 is 1.42 bits per heavy atom. The Morgan fingerprint density at radius 3 is 2.05 bits per heavy atom. The van der Waals surface area contributed by atoms with Crippen LogP contribution in [0.5, 0.6) is 0 Å². The third-order valence-electron chi connectivity index (χ3n) is 7.18. The van der Waals surface area contributed by atoms with E-state index in [0.29, 0.717) is 6.42 Å². The highest BCUT2D eigenvalue weighted by atomic mass is 32.2. The van der Waals surface area contributed by atoms with Crippen LogP contribution < -0.4 is 0 Å². The Morgan fingerprint density at radius 1 is 0.816 bits per heavy atom. The molecular formula is C31H35N5OS. The lowest BCUT2D eigenvalue weighted by Gasteiger charge is -2.40. The van der Waals surface area contributed by atoms with Crippen molar-refractivity contribution < 1.29 is 4.79 Å². The number of rotatable bonds is 9. The highest BCUT2D eigenvalue weighted by Crippen LogP contribution is 2.30. The predicted molar refractivity (Wildman–Crippen MR) is 154 cm³/mol. The molecule has 0 saturated carbocycles. The van der Waals surface area contributed by atoms with Crippen LogP contribution in [-0.2, 0) is 4.79 Å². The molecule has 0 radical (unpaired) electrons. The van der Waals surface area contributed by atoms with Crippen LogP contribution in [0.2, 0.25) is 0 Å². The summed E-state index contributed by atoms with van der Waals surface area (Å²) in [7, 11) is 0. The maximum absolute atomic E-state index is 13.0. The zero-order chi connectivity index (χ0) is 26.3. The number of thioether (sulfide) groups is 1. The first-order valence-corrected chi connectivity index (χ1v) is 14.3. The summed E-state index contributed by atoms with van der Waals surface area (Å²) in [4.78, 5) is 17.6. The molecular weight excluding hydrogens is 490 g/mol. The fourth-order valence-corrected chi connectivity index (χ4v) is 6.12. The van der Waals surface area contributed by atoms with Gasteiger partial charge in [-0.2, -0.15) is 0 Å². The quantitative estimate of drug-likeness (QED) is 0.208. The molecule has 3 aromatic carbocycles. The van der Waals surface area contributed by atoms with Crippen LogP contribution in [0.3, 0.4) is 0 Å². The van der Waals surface area contributed by atoms with Gasteiger partial charge in [0.25, 0.3) is 0 Å². The van der Waals surface area contributed by atoms with Crippen LogP contribution in [0, 0.1) is 13.8 Å². The van der Waals surface area contributed by atoms with Crippen LogP contribution in [-0.4, -0.2) is 62.4 Å². The van der Waals surface area contributed by atoms with Gasteiger partial charge in [0.2, 0.25) is 5.91 Å². The third kappa shape index (κ3) is 6.00. The highest BCUT2D eigenvalue weighted by molar-refractivity contribution is 7.99. The molecule has 6 nitrogen and oxygen atoms in total. The van der Waals surface area contributed by atoms with E-state index in [0.717, 1.165) is 55.0 Å². The first-order chi connectivity index (χ1) is 18.6. The molecule has 0 unspecified atom stereocenters. The SMILES string of the molecule is Cc1ccccc1-n1c(C)nnc1SCCCC(=O)N1CCN(C(c2ccccc2)c2ccccc2)CC1. The number of amides is 1. The maximum Gasteiger partial charge on any atom is 0.222 e. The van der Waals surface area contributed by atoms with Crippen molar-refractivity contribution in [2.24, 2.45) is 0 Å². The topological polar surface area (TPSA) is 54.3 Å². The van der Waals surface area contributed by atoms with E-state index in [-0.39, 0.29) is 11.9 Å². The molecule has 2 heterocycles. The van der Waals surface area contributed by atoms with Crippen molar-refractivity contribution in [1.29, 1.82) is 0 Å². The zero-order valence-electron chi connectivity index (χ0n) is 22.2. The molecule has 196 valence electrons. The predicted octanol–water partition coefficient (Wildman–Crippen LogP) is 5.69. The molecule has 1 aromatic heterocycles. The summed E-state index contributed by atoms with van der Waals surface area (Å²) >= 11 is 1.67. The molecule has 1 fully saturated rings. The number of carbonyl (C=O) groups excluding carboxylic acids is 1. The summed E-state index contributed by atoms with van der Waals surface area (Å²) < 4.78 is 2.11. The van der Waals surface area contributed by atoms with E-state index in [1.54, 1.807) is 11.8 Å². The van der Waals surface area contributed by atoms with E-state index >= 15 is 0 Å². The number of aromatic nitrogens is 3. The van der Waals surface area contributed by atoms with Crippen LogP contribution in [0.15, 0.2) is 90.1 Å².